The summed E-state index contributed by atoms with van der Waals surface area (Å²) >= 11 is 0. The molecule has 1 aliphatic rings. The lowest BCUT2D eigenvalue weighted by Crippen LogP contribution is -2.28. The predicted octanol–water partition coefficient (Wildman–Crippen LogP) is 2.36. The number of primary amides is 1. The quantitative estimate of drug-likeness (QED) is 0.627. The molecule has 0 radical (unpaired) electrons. The van der Waals surface area contributed by atoms with Crippen molar-refractivity contribution in [3.05, 3.63) is 59.2 Å². The molecule has 0 fully saturated rings. The molecule has 2 aromatic carbocycles. The van der Waals surface area contributed by atoms with Crippen molar-refractivity contribution in [2.24, 2.45) is 10.7 Å². The third kappa shape index (κ3) is 4.11. The van der Waals surface area contributed by atoms with Gasteiger partial charge in [0.05, 0.1) is 24.8 Å². The van der Waals surface area contributed by atoms with Crippen LogP contribution in [0.3, 0.4) is 0 Å². The third-order valence-corrected chi connectivity index (χ3v) is 4.98. The lowest BCUT2D eigenvalue weighted by atomic mass is 9.99. The highest BCUT2D eigenvalue weighted by atomic mass is 16.5. The fourth-order valence-electron chi connectivity index (χ4n) is 3.45. The smallest absolute Gasteiger partial charge is 0.227 e. The molecule has 2 aromatic rings. The monoisotopic (exact) mass is 367 g/mol. The van der Waals surface area contributed by atoms with Crippen LogP contribution in [-0.2, 0) is 17.8 Å². The lowest BCUT2D eigenvalue weighted by molar-refractivity contribution is -0.121. The van der Waals surface area contributed by atoms with Gasteiger partial charge in [-0.2, -0.15) is 0 Å². The summed E-state index contributed by atoms with van der Waals surface area (Å²) < 4.78 is 5.27. The molecule has 2 atom stereocenters. The highest BCUT2D eigenvalue weighted by Crippen LogP contribution is 2.35. The number of benzene rings is 2. The number of aliphatic imine (C=N–C) groups is 1. The van der Waals surface area contributed by atoms with Gasteiger partial charge in [0.2, 0.25) is 5.91 Å². The van der Waals surface area contributed by atoms with Gasteiger partial charge in [0, 0.05) is 13.6 Å². The topological polar surface area (TPSA) is 88.1 Å². The van der Waals surface area contributed by atoms with E-state index >= 15 is 0 Å². The third-order valence-electron chi connectivity index (χ3n) is 4.98. The van der Waals surface area contributed by atoms with E-state index in [1.165, 1.54) is 0 Å². The number of hydrogen-bond donors (Lipinski definition) is 2. The van der Waals surface area contributed by atoms with E-state index in [9.17, 15) is 9.90 Å². The fraction of sp³-hybridized carbons (Fsp3) is 0.333. The standard InChI is InChI=1S/C21H25N3O3/c1-13(24(2)12-14-5-4-6-17(9-14)27-3)23-16-8-7-15-10-19(25)20(21(22)26)18(15)11-16/h4-9,11,19-20,25H,10,12H2,1-3H3,(H2,22,26)/t19-,20-/m1/s1. The zero-order chi connectivity index (χ0) is 19.6. The number of amidine groups is 1. The summed E-state index contributed by atoms with van der Waals surface area (Å²) in [5, 5.41) is 10.1. The molecule has 3 N–H and O–H groups in total. The Kier molecular flexibility index (Phi) is 5.46. The second-order valence-electron chi connectivity index (χ2n) is 6.90. The first kappa shape index (κ1) is 18.9. The first-order chi connectivity index (χ1) is 12.9. The van der Waals surface area contributed by atoms with E-state index in [0.717, 1.165) is 34.0 Å². The number of methoxy groups -OCH3 is 1. The maximum Gasteiger partial charge on any atom is 0.227 e. The van der Waals surface area contributed by atoms with Crippen LogP contribution in [0.25, 0.3) is 0 Å². The molecular formula is C21H25N3O3. The van der Waals surface area contributed by atoms with Crippen molar-refractivity contribution in [1.82, 2.24) is 4.90 Å². The summed E-state index contributed by atoms with van der Waals surface area (Å²) in [5.74, 6) is 0.497. The van der Waals surface area contributed by atoms with E-state index in [4.69, 9.17) is 10.5 Å². The van der Waals surface area contributed by atoms with Crippen LogP contribution in [0.4, 0.5) is 5.69 Å². The molecule has 142 valence electrons. The number of nitrogens with zero attached hydrogens (tertiary/aromatic N) is 2. The molecule has 27 heavy (non-hydrogen) atoms. The van der Waals surface area contributed by atoms with Crippen LogP contribution < -0.4 is 10.5 Å². The van der Waals surface area contributed by atoms with Gasteiger partial charge in [-0.05, 0) is 54.3 Å². The highest BCUT2D eigenvalue weighted by molar-refractivity contribution is 5.85. The van der Waals surface area contributed by atoms with E-state index in [1.54, 1.807) is 7.11 Å². The fourth-order valence-corrected chi connectivity index (χ4v) is 3.45. The first-order valence-corrected chi connectivity index (χ1v) is 8.88. The summed E-state index contributed by atoms with van der Waals surface area (Å²) in [6.45, 7) is 2.63. The first-order valence-electron chi connectivity index (χ1n) is 8.88. The van der Waals surface area contributed by atoms with E-state index in [-0.39, 0.29) is 0 Å². The van der Waals surface area contributed by atoms with Crippen LogP contribution >= 0.6 is 0 Å². The lowest BCUT2D eigenvalue weighted by Gasteiger charge is -2.19. The number of carbonyl (C=O) groups excluding carboxylic acids is 1. The normalized spacial score (nSPS) is 18.9. The van der Waals surface area contributed by atoms with Gasteiger partial charge in [0.1, 0.15) is 11.6 Å². The minimum absolute atomic E-state index is 0.446. The molecule has 3 rings (SSSR count). The summed E-state index contributed by atoms with van der Waals surface area (Å²) in [5.41, 5.74) is 9.05. The molecule has 0 aliphatic heterocycles. The zero-order valence-corrected chi connectivity index (χ0v) is 15.8. The summed E-state index contributed by atoms with van der Waals surface area (Å²) in [6, 6.07) is 13.6. The average Bonchev–Trinajstić information content (AvgIpc) is 2.97. The molecule has 1 aliphatic carbocycles. The predicted molar refractivity (Wildman–Crippen MR) is 105 cm³/mol. The van der Waals surface area contributed by atoms with Gasteiger partial charge in [-0.15, -0.1) is 0 Å². The summed E-state index contributed by atoms with van der Waals surface area (Å²) in [7, 11) is 3.63. The molecule has 0 spiro atoms. The minimum Gasteiger partial charge on any atom is -0.497 e. The van der Waals surface area contributed by atoms with Crippen molar-refractivity contribution in [2.45, 2.75) is 31.9 Å². The Labute approximate surface area is 159 Å². The van der Waals surface area contributed by atoms with Crippen LogP contribution in [0, 0.1) is 0 Å². The number of aliphatic hydroxyl groups excluding tert-OH is 1. The molecule has 0 bridgehead atoms. The molecule has 0 unspecified atom stereocenters. The number of rotatable bonds is 5. The maximum absolute atomic E-state index is 11.7. The van der Waals surface area contributed by atoms with E-state index in [0.29, 0.717) is 13.0 Å². The Morgan fingerprint density at radius 1 is 1.33 bits per heavy atom. The minimum atomic E-state index is -0.756. The van der Waals surface area contributed by atoms with E-state index in [1.807, 2.05) is 61.3 Å². The van der Waals surface area contributed by atoms with Crippen molar-refractivity contribution < 1.29 is 14.6 Å². The zero-order valence-electron chi connectivity index (χ0n) is 15.8. The molecule has 6 nitrogen and oxygen atoms in total. The van der Waals surface area contributed by atoms with Gasteiger partial charge in [-0.1, -0.05) is 18.2 Å². The van der Waals surface area contributed by atoms with Crippen molar-refractivity contribution in [1.29, 1.82) is 0 Å². The molecular weight excluding hydrogens is 342 g/mol. The van der Waals surface area contributed by atoms with Crippen molar-refractivity contribution in [3.8, 4) is 5.75 Å². The number of nitrogens with two attached hydrogens (primary N) is 1. The van der Waals surface area contributed by atoms with E-state index < -0.39 is 17.9 Å². The number of amides is 1. The number of hydrogen-bond acceptors (Lipinski definition) is 4. The summed E-state index contributed by atoms with van der Waals surface area (Å²) in [4.78, 5) is 18.4. The van der Waals surface area contributed by atoms with Crippen molar-refractivity contribution >= 4 is 17.4 Å². The largest absolute Gasteiger partial charge is 0.497 e. The molecule has 6 heteroatoms. The van der Waals surface area contributed by atoms with Gasteiger partial charge < -0.3 is 20.5 Å². The Morgan fingerprint density at radius 3 is 2.81 bits per heavy atom. The van der Waals surface area contributed by atoms with Crippen LogP contribution in [-0.4, -0.2) is 42.0 Å². The van der Waals surface area contributed by atoms with Crippen molar-refractivity contribution in [3.63, 3.8) is 0 Å². The molecule has 0 heterocycles. The average molecular weight is 367 g/mol. The Morgan fingerprint density at radius 2 is 2.11 bits per heavy atom. The van der Waals surface area contributed by atoms with Gasteiger partial charge in [-0.3, -0.25) is 4.79 Å². The molecule has 0 saturated heterocycles. The van der Waals surface area contributed by atoms with Gasteiger partial charge >= 0.3 is 0 Å². The Bertz CT molecular complexity index is 879. The van der Waals surface area contributed by atoms with E-state index in [2.05, 4.69) is 4.99 Å². The van der Waals surface area contributed by atoms with Gasteiger partial charge in [0.25, 0.3) is 0 Å². The maximum atomic E-state index is 11.7. The SMILES string of the molecule is COc1cccc(CN(C)C(C)=Nc2ccc3c(c2)[C@@H](C(N)=O)[C@H](O)C3)c1. The number of fused-ring (bicyclic) bond motifs is 1. The Hall–Kier alpha value is -2.86. The van der Waals surface area contributed by atoms with Crippen LogP contribution in [0.15, 0.2) is 47.5 Å². The van der Waals surface area contributed by atoms with Crippen LogP contribution in [0.5, 0.6) is 5.75 Å². The number of ether oxygens (including phenoxy) is 1. The molecule has 0 saturated carbocycles. The summed E-state index contributed by atoms with van der Waals surface area (Å²) in [6.07, 6.45) is -0.310. The molecule has 0 aromatic heterocycles. The molecule has 1 amide bonds. The van der Waals surface area contributed by atoms with Gasteiger partial charge in [-0.25, -0.2) is 4.99 Å². The Balaban J connectivity index is 1.79. The number of carbonyl (C=O) groups is 1. The highest BCUT2D eigenvalue weighted by Gasteiger charge is 2.35. The van der Waals surface area contributed by atoms with Crippen molar-refractivity contribution in [2.75, 3.05) is 14.2 Å². The number of aliphatic hydroxyl groups is 1. The second-order valence-corrected chi connectivity index (χ2v) is 6.90. The second kappa shape index (κ2) is 7.80. The van der Waals surface area contributed by atoms with Crippen LogP contribution in [0.1, 0.15) is 29.5 Å². The van der Waals surface area contributed by atoms with Crippen LogP contribution in [0.2, 0.25) is 0 Å². The van der Waals surface area contributed by atoms with Gasteiger partial charge in [0.15, 0.2) is 0 Å².